The number of fused-ring (bicyclic) bond motifs is 3. The van der Waals surface area contributed by atoms with Gasteiger partial charge in [0.15, 0.2) is 0 Å². The highest BCUT2D eigenvalue weighted by Crippen LogP contribution is 2.40. The highest BCUT2D eigenvalue weighted by molar-refractivity contribution is 7.90. The number of hydrogen-bond donors (Lipinski definition) is 2. The van der Waals surface area contributed by atoms with Gasteiger partial charge in [0, 0.05) is 49.6 Å². The van der Waals surface area contributed by atoms with Crippen LogP contribution in [0.1, 0.15) is 61.1 Å². The minimum absolute atomic E-state index is 0.00228. The minimum atomic E-state index is -3.52. The Bertz CT molecular complexity index is 1230. The molecule has 204 valence electrons. The second-order valence-corrected chi connectivity index (χ2v) is 12.1. The fourth-order valence-electron chi connectivity index (χ4n) is 5.76. The number of amides is 2. The van der Waals surface area contributed by atoms with Gasteiger partial charge in [0.1, 0.15) is 0 Å². The van der Waals surface area contributed by atoms with Gasteiger partial charge in [-0.2, -0.15) is 0 Å². The van der Waals surface area contributed by atoms with Crippen LogP contribution in [-0.2, 0) is 32.4 Å². The molecule has 0 radical (unpaired) electrons. The van der Waals surface area contributed by atoms with Gasteiger partial charge in [-0.25, -0.2) is 12.4 Å². The number of ether oxygens (including phenoxy) is 1. The normalized spacial score (nSPS) is 18.5. The molecule has 2 amide bonds. The number of nitrogens with one attached hydrogen (secondary N) is 1. The van der Waals surface area contributed by atoms with E-state index in [1.807, 2.05) is 13.0 Å². The van der Waals surface area contributed by atoms with E-state index in [9.17, 15) is 18.0 Å². The van der Waals surface area contributed by atoms with Crippen LogP contribution in [0.25, 0.3) is 10.9 Å². The molecule has 0 spiro atoms. The molecule has 1 aromatic carbocycles. The molecule has 1 fully saturated rings. The van der Waals surface area contributed by atoms with Gasteiger partial charge >= 0.3 is 0 Å². The molecule has 1 unspecified atom stereocenters. The Balaban J connectivity index is 1.68. The smallest absolute Gasteiger partial charge is 0.254 e. The first-order valence-corrected chi connectivity index (χ1v) is 15.1. The average molecular weight is 534 g/mol. The predicted octanol–water partition coefficient (Wildman–Crippen LogP) is 2.33. The third kappa shape index (κ3) is 5.86. The first-order valence-electron chi connectivity index (χ1n) is 13.4. The lowest BCUT2D eigenvalue weighted by Crippen LogP contribution is -2.41. The van der Waals surface area contributed by atoms with Crippen LogP contribution in [0.5, 0.6) is 0 Å². The molecule has 9 nitrogen and oxygen atoms in total. The largest absolute Gasteiger partial charge is 0.396 e. The molecule has 2 N–H and O–H groups in total. The molecule has 2 heterocycles. The third-order valence-electron chi connectivity index (χ3n) is 7.84. The Morgan fingerprint density at radius 3 is 2.59 bits per heavy atom. The maximum Gasteiger partial charge on any atom is 0.254 e. The lowest BCUT2D eigenvalue weighted by Gasteiger charge is -2.33. The second-order valence-electron chi connectivity index (χ2n) is 10.0. The van der Waals surface area contributed by atoms with E-state index in [-0.39, 0.29) is 30.7 Å². The molecule has 2 aliphatic rings. The van der Waals surface area contributed by atoms with Gasteiger partial charge in [-0.05, 0) is 88.0 Å². The average Bonchev–Trinajstić information content (AvgIpc) is 3.25. The fraction of sp³-hybridized carbons (Fsp3) is 0.630. The van der Waals surface area contributed by atoms with Crippen LogP contribution in [0.15, 0.2) is 18.2 Å². The highest BCUT2D eigenvalue weighted by atomic mass is 32.2. The Kier molecular flexibility index (Phi) is 8.92. The van der Waals surface area contributed by atoms with E-state index in [0.717, 1.165) is 55.5 Å². The zero-order valence-electron chi connectivity index (χ0n) is 21.9. The second kappa shape index (κ2) is 12.0. The first kappa shape index (κ1) is 27.6. The van der Waals surface area contributed by atoms with Crippen molar-refractivity contribution in [2.75, 3.05) is 45.2 Å². The quantitative estimate of drug-likeness (QED) is 0.453. The summed E-state index contributed by atoms with van der Waals surface area (Å²) in [5.74, 6) is 0.490. The number of aliphatic hydroxyl groups is 1. The number of carbonyl (C=O) groups is 2. The SMILES string of the molecule is CCN(CC(=O)NCCCO)C(=O)c1ccc2c(c1)c1c(n2S(=O)(=O)CC)CCC(C2CCOCC2)C1. The van der Waals surface area contributed by atoms with E-state index in [1.165, 1.54) is 8.87 Å². The Labute approximate surface area is 219 Å². The molecule has 1 aromatic heterocycles. The zero-order chi connectivity index (χ0) is 26.6. The summed E-state index contributed by atoms with van der Waals surface area (Å²) in [7, 11) is -3.52. The summed E-state index contributed by atoms with van der Waals surface area (Å²) in [6, 6.07) is 5.23. The number of carbonyl (C=O) groups excluding carboxylic acids is 2. The van der Waals surface area contributed by atoms with Gasteiger partial charge in [-0.15, -0.1) is 0 Å². The molecule has 0 saturated carbocycles. The molecule has 2 aromatic rings. The number of rotatable bonds is 10. The van der Waals surface area contributed by atoms with E-state index in [2.05, 4.69) is 5.32 Å². The molecule has 1 atom stereocenters. The predicted molar refractivity (Wildman–Crippen MR) is 142 cm³/mol. The number of likely N-dealkylation sites (N-methyl/N-ethyl adjacent to an activating group) is 1. The van der Waals surface area contributed by atoms with Gasteiger partial charge in [-0.3, -0.25) is 9.59 Å². The molecule has 1 saturated heterocycles. The molecule has 37 heavy (non-hydrogen) atoms. The van der Waals surface area contributed by atoms with Crippen LogP contribution in [0.3, 0.4) is 0 Å². The topological polar surface area (TPSA) is 118 Å². The molecule has 0 bridgehead atoms. The van der Waals surface area contributed by atoms with Gasteiger partial charge in [-0.1, -0.05) is 0 Å². The Hall–Kier alpha value is -2.43. The van der Waals surface area contributed by atoms with Crippen molar-refractivity contribution in [3.8, 4) is 0 Å². The van der Waals surface area contributed by atoms with E-state index in [4.69, 9.17) is 9.84 Å². The van der Waals surface area contributed by atoms with Crippen LogP contribution in [0.2, 0.25) is 0 Å². The molecule has 1 aliphatic heterocycles. The van der Waals surface area contributed by atoms with Gasteiger partial charge in [0.2, 0.25) is 15.9 Å². The maximum atomic E-state index is 13.4. The third-order valence-corrected chi connectivity index (χ3v) is 9.54. The molecule has 4 rings (SSSR count). The summed E-state index contributed by atoms with van der Waals surface area (Å²) in [4.78, 5) is 27.2. The first-order chi connectivity index (χ1) is 17.8. The van der Waals surface area contributed by atoms with Crippen LogP contribution >= 0.6 is 0 Å². The fourth-order valence-corrected chi connectivity index (χ4v) is 7.01. The number of hydrogen-bond acceptors (Lipinski definition) is 6. The number of aromatic nitrogens is 1. The lowest BCUT2D eigenvalue weighted by molar-refractivity contribution is -0.121. The summed E-state index contributed by atoms with van der Waals surface area (Å²) >= 11 is 0. The summed E-state index contributed by atoms with van der Waals surface area (Å²) in [6.45, 7) is 5.66. The van der Waals surface area contributed by atoms with Crippen molar-refractivity contribution in [3.63, 3.8) is 0 Å². The van der Waals surface area contributed by atoms with E-state index in [1.54, 1.807) is 19.1 Å². The molecular weight excluding hydrogens is 494 g/mol. The zero-order valence-corrected chi connectivity index (χ0v) is 22.7. The standard InChI is InChI=1S/C27H39N3O6S/c1-3-29(18-26(32)28-12-5-13-31)27(33)21-7-9-25-23(17-21)22-16-20(19-10-14-36-15-11-19)6-8-24(22)30(25)37(34,35)4-2/h7,9,17,19-20,31H,3-6,8,10-16,18H2,1-2H3,(H,28,32). The van der Waals surface area contributed by atoms with Crippen molar-refractivity contribution in [1.29, 1.82) is 0 Å². The van der Waals surface area contributed by atoms with Crippen LogP contribution < -0.4 is 5.32 Å². The molecule has 10 heteroatoms. The van der Waals surface area contributed by atoms with E-state index in [0.29, 0.717) is 48.8 Å². The number of nitrogens with zero attached hydrogens (tertiary/aromatic N) is 2. The monoisotopic (exact) mass is 533 g/mol. The van der Waals surface area contributed by atoms with Crippen molar-refractivity contribution in [2.24, 2.45) is 11.8 Å². The highest BCUT2D eigenvalue weighted by Gasteiger charge is 2.34. The van der Waals surface area contributed by atoms with Crippen molar-refractivity contribution in [2.45, 2.75) is 52.4 Å². The Morgan fingerprint density at radius 1 is 1.16 bits per heavy atom. The van der Waals surface area contributed by atoms with Crippen LogP contribution in [-0.4, -0.2) is 79.4 Å². The Morgan fingerprint density at radius 2 is 1.92 bits per heavy atom. The van der Waals surface area contributed by atoms with Crippen LogP contribution in [0, 0.1) is 11.8 Å². The number of benzene rings is 1. The van der Waals surface area contributed by atoms with Crippen molar-refractivity contribution >= 4 is 32.7 Å². The van der Waals surface area contributed by atoms with Crippen LogP contribution in [0.4, 0.5) is 0 Å². The summed E-state index contributed by atoms with van der Waals surface area (Å²) in [5, 5.41) is 12.4. The molecule has 1 aliphatic carbocycles. The lowest BCUT2D eigenvalue weighted by atomic mass is 9.75. The number of aliphatic hydroxyl groups excluding tert-OH is 1. The summed E-state index contributed by atoms with van der Waals surface area (Å²) in [6.07, 6.45) is 4.96. The maximum absolute atomic E-state index is 13.4. The van der Waals surface area contributed by atoms with Gasteiger partial charge in [0.05, 0.1) is 17.8 Å². The molecular formula is C27H39N3O6S. The minimum Gasteiger partial charge on any atom is -0.396 e. The van der Waals surface area contributed by atoms with E-state index >= 15 is 0 Å². The van der Waals surface area contributed by atoms with Crippen molar-refractivity contribution in [1.82, 2.24) is 14.2 Å². The van der Waals surface area contributed by atoms with Gasteiger partial charge in [0.25, 0.3) is 5.91 Å². The van der Waals surface area contributed by atoms with Gasteiger partial charge < -0.3 is 20.1 Å². The van der Waals surface area contributed by atoms with E-state index < -0.39 is 10.0 Å². The van der Waals surface area contributed by atoms with Crippen molar-refractivity contribution in [3.05, 3.63) is 35.0 Å². The summed E-state index contributed by atoms with van der Waals surface area (Å²) in [5.41, 5.74) is 2.95. The summed E-state index contributed by atoms with van der Waals surface area (Å²) < 4.78 is 33.4. The van der Waals surface area contributed by atoms with Crippen molar-refractivity contribution < 1.29 is 27.9 Å².